The van der Waals surface area contributed by atoms with Crippen LogP contribution in [0.15, 0.2) is 478 Å². The first-order valence-electron chi connectivity index (χ1n) is 42.5. The van der Waals surface area contributed by atoms with Gasteiger partial charge in [0.25, 0.3) is 0 Å². The van der Waals surface area contributed by atoms with Gasteiger partial charge in [-0.1, -0.05) is 328 Å². The zero-order valence-corrected chi connectivity index (χ0v) is 69.7. The monoisotopic (exact) mass is 1630 g/mol. The largest absolute Gasteiger partial charge is 0.454 e. The Morgan fingerprint density at radius 2 is 0.480 bits per heavy atom. The Bertz CT molecular complexity index is 8070. The maximum absolute atomic E-state index is 6.68. The number of furan rings is 1. The lowest BCUT2D eigenvalue weighted by molar-refractivity contribution is 0.669. The van der Waals surface area contributed by atoms with Gasteiger partial charge in [0, 0.05) is 124 Å². The highest BCUT2D eigenvalue weighted by Crippen LogP contribution is 2.52. The molecule has 0 aliphatic rings. The zero-order valence-electron chi connectivity index (χ0n) is 68.0. The maximum Gasteiger partial charge on any atom is 0.159 e. The summed E-state index contributed by atoms with van der Waals surface area (Å²) in [5.41, 5.74) is 24.5. The molecule has 5 nitrogen and oxygen atoms in total. The standard InChI is InChI=1S/C62H40N2OS.C56H38N2S/c1-4-17-42(18-5-1)48-23-12-14-28-56(48)64(57-29-16-27-52-50-25-13-15-30-58(50)65-61(52)57)46-34-31-41(32-35-46)43-33-37-54-59(39-43)66-62-53-38-36-47(40-55(53)49-24-10-11-26-51(49)60(54)62)63(44-19-6-2-7-20-44)45-21-8-3-9-22-45;1-5-17-40(18-6-1)47-25-15-16-28-53(47)58(44-23-11-4-12-24-44)45-32-29-39(30-33-45)41-31-35-51-54(37-41)59-56-50-36-34-46(38-52(50)48-26-13-14-27-49(48)55(51)56)57(42-19-7-2-8-20-42)43-21-9-3-10-22-43/h1-40H;1-38H. The maximum atomic E-state index is 6.68. The van der Waals surface area contributed by atoms with Crippen molar-refractivity contribution in [3.05, 3.63) is 473 Å². The Hall–Kier alpha value is -15.9. The lowest BCUT2D eigenvalue weighted by Crippen LogP contribution is -2.11. The molecular formula is C118H78N4OS2. The van der Waals surface area contributed by atoms with Crippen LogP contribution in [-0.2, 0) is 0 Å². The molecule has 0 spiro atoms. The number of fused-ring (bicyclic) bond motifs is 19. The van der Waals surface area contributed by atoms with E-state index in [0.717, 1.165) is 107 Å². The first kappa shape index (κ1) is 74.2. The first-order valence-corrected chi connectivity index (χ1v) is 44.1. The molecule has 0 saturated carbocycles. The number of nitrogens with zero attached hydrogens (tertiary/aromatic N) is 4. The van der Waals surface area contributed by atoms with Crippen molar-refractivity contribution in [2.24, 2.45) is 0 Å². The third-order valence-electron chi connectivity index (χ3n) is 24.4. The molecule has 0 bridgehead atoms. The van der Waals surface area contributed by atoms with E-state index in [1.807, 2.05) is 28.7 Å². The molecule has 0 aliphatic carbocycles. The van der Waals surface area contributed by atoms with Crippen LogP contribution in [0.1, 0.15) is 0 Å². The van der Waals surface area contributed by atoms with E-state index in [1.165, 1.54) is 111 Å². The minimum Gasteiger partial charge on any atom is -0.454 e. The van der Waals surface area contributed by atoms with Crippen LogP contribution >= 0.6 is 22.7 Å². The summed E-state index contributed by atoms with van der Waals surface area (Å²) < 4.78 is 11.9. The smallest absolute Gasteiger partial charge is 0.159 e. The van der Waals surface area contributed by atoms with Gasteiger partial charge >= 0.3 is 0 Å². The fraction of sp³-hybridized carbons (Fsp3) is 0. The summed E-state index contributed by atoms with van der Waals surface area (Å²) in [6.07, 6.45) is 0. The van der Waals surface area contributed by atoms with E-state index >= 15 is 0 Å². The zero-order chi connectivity index (χ0) is 82.7. The fourth-order valence-corrected chi connectivity index (χ4v) is 21.3. The minimum absolute atomic E-state index is 0.863. The molecule has 0 amide bonds. The Morgan fingerprint density at radius 3 is 0.920 bits per heavy atom. The van der Waals surface area contributed by atoms with Crippen molar-refractivity contribution >= 4 is 196 Å². The Balaban J connectivity index is 0.000000145. The summed E-state index contributed by atoms with van der Waals surface area (Å²) in [4.78, 5) is 9.41. The highest BCUT2D eigenvalue weighted by molar-refractivity contribution is 7.27. The number of para-hydroxylation sites is 9. The lowest BCUT2D eigenvalue weighted by Gasteiger charge is -2.28. The van der Waals surface area contributed by atoms with Crippen LogP contribution in [0.3, 0.4) is 0 Å². The average molecular weight is 1630 g/mol. The molecule has 0 atom stereocenters. The van der Waals surface area contributed by atoms with E-state index < -0.39 is 0 Å². The van der Waals surface area contributed by atoms with Crippen molar-refractivity contribution < 1.29 is 4.42 Å². The second-order valence-corrected chi connectivity index (χ2v) is 33.8. The van der Waals surface area contributed by atoms with Gasteiger partial charge in [-0.15, -0.1) is 22.7 Å². The number of hydrogen-bond donors (Lipinski definition) is 0. The van der Waals surface area contributed by atoms with E-state index in [4.69, 9.17) is 4.42 Å². The van der Waals surface area contributed by atoms with Crippen LogP contribution in [0.25, 0.3) is 150 Å². The van der Waals surface area contributed by atoms with Crippen LogP contribution < -0.4 is 19.6 Å². The molecular weight excluding hydrogens is 1550 g/mol. The molecule has 24 rings (SSSR count). The third kappa shape index (κ3) is 13.4. The van der Waals surface area contributed by atoms with Gasteiger partial charge in [0.2, 0.25) is 0 Å². The molecule has 21 aromatic carbocycles. The van der Waals surface area contributed by atoms with Crippen molar-refractivity contribution in [2.45, 2.75) is 0 Å². The van der Waals surface area contributed by atoms with Crippen LogP contribution in [-0.4, -0.2) is 0 Å². The number of benzene rings is 21. The SMILES string of the molecule is c1ccc(-c2ccccc2N(c2ccc(-c3ccc4c(c3)sc3c5ccc(N(c6ccccc6)c6ccccc6)cc5c5ccccc5c43)cc2)c2cccc3c2oc2ccccc23)cc1.c1ccc(-c2ccccc2N(c2ccccc2)c2ccc(-c3ccc4c(c3)sc3c5ccc(N(c6ccccc6)c6ccccc6)cc5c5ccccc5c43)cc2)cc1. The second-order valence-electron chi connectivity index (χ2n) is 31.7. The van der Waals surface area contributed by atoms with E-state index in [-0.39, 0.29) is 0 Å². The van der Waals surface area contributed by atoms with Crippen molar-refractivity contribution in [3.8, 4) is 44.5 Å². The van der Waals surface area contributed by atoms with Crippen molar-refractivity contribution in [1.82, 2.24) is 0 Å². The van der Waals surface area contributed by atoms with Crippen LogP contribution in [0, 0.1) is 0 Å². The lowest BCUT2D eigenvalue weighted by atomic mass is 9.95. The van der Waals surface area contributed by atoms with Gasteiger partial charge < -0.3 is 24.0 Å². The van der Waals surface area contributed by atoms with Gasteiger partial charge in [0.15, 0.2) is 5.58 Å². The quantitative estimate of drug-likeness (QED) is 0.0899. The number of rotatable bonds is 16. The fourth-order valence-electron chi connectivity index (χ4n) is 18.7. The number of anilines is 12. The molecule has 0 unspecified atom stereocenters. The van der Waals surface area contributed by atoms with E-state index in [9.17, 15) is 0 Å². The number of thiophene rings is 2. The van der Waals surface area contributed by atoms with Crippen molar-refractivity contribution in [3.63, 3.8) is 0 Å². The molecule has 7 heteroatoms. The Labute approximate surface area is 732 Å². The molecule has 0 radical (unpaired) electrons. The van der Waals surface area contributed by atoms with E-state index in [0.29, 0.717) is 0 Å². The molecule has 24 aromatic rings. The van der Waals surface area contributed by atoms with E-state index in [1.54, 1.807) is 0 Å². The third-order valence-corrected chi connectivity index (χ3v) is 26.8. The topological polar surface area (TPSA) is 26.1 Å². The summed E-state index contributed by atoms with van der Waals surface area (Å²) >= 11 is 3.80. The summed E-state index contributed by atoms with van der Waals surface area (Å²) in [7, 11) is 0. The average Bonchev–Trinajstić information content (AvgIpc) is 1.59. The van der Waals surface area contributed by atoms with Gasteiger partial charge in [-0.05, 0) is 211 Å². The molecule has 0 fully saturated rings. The molecule has 3 heterocycles. The van der Waals surface area contributed by atoms with Crippen LogP contribution in [0.2, 0.25) is 0 Å². The molecule has 0 aliphatic heterocycles. The summed E-state index contributed by atoms with van der Waals surface area (Å²) in [5.74, 6) is 0. The Kier molecular flexibility index (Phi) is 18.9. The predicted octanol–water partition coefficient (Wildman–Crippen LogP) is 35.2. The minimum atomic E-state index is 0.863. The van der Waals surface area contributed by atoms with Gasteiger partial charge in [0.05, 0.1) is 17.1 Å². The van der Waals surface area contributed by atoms with Gasteiger partial charge in [0.1, 0.15) is 5.58 Å². The van der Waals surface area contributed by atoms with E-state index in [2.05, 4.69) is 487 Å². The molecule has 125 heavy (non-hydrogen) atoms. The highest BCUT2D eigenvalue weighted by atomic mass is 32.1. The first-order chi connectivity index (χ1) is 62.0. The van der Waals surface area contributed by atoms with Gasteiger partial charge in [-0.2, -0.15) is 0 Å². The van der Waals surface area contributed by atoms with Gasteiger partial charge in [-0.25, -0.2) is 0 Å². The van der Waals surface area contributed by atoms with Gasteiger partial charge in [-0.3, -0.25) is 0 Å². The summed E-state index contributed by atoms with van der Waals surface area (Å²) in [5, 5.41) is 17.6. The Morgan fingerprint density at radius 1 is 0.168 bits per heavy atom. The number of hydrogen-bond acceptors (Lipinski definition) is 7. The molecule has 0 N–H and O–H groups in total. The van der Waals surface area contributed by atoms with Crippen LogP contribution in [0.4, 0.5) is 68.2 Å². The normalized spacial score (nSPS) is 11.5. The second kappa shape index (κ2) is 31.9. The molecule has 3 aromatic heterocycles. The van der Waals surface area contributed by atoms with Crippen LogP contribution in [0.5, 0.6) is 0 Å². The summed E-state index contributed by atoms with van der Waals surface area (Å²) in [6.45, 7) is 0. The summed E-state index contributed by atoms with van der Waals surface area (Å²) in [6, 6.07) is 171. The van der Waals surface area contributed by atoms with Crippen molar-refractivity contribution in [1.29, 1.82) is 0 Å². The highest BCUT2D eigenvalue weighted by Gasteiger charge is 2.26. The van der Waals surface area contributed by atoms with Crippen molar-refractivity contribution in [2.75, 3.05) is 19.6 Å². The predicted molar refractivity (Wildman–Crippen MR) is 536 cm³/mol. The molecule has 588 valence electrons. The molecule has 0 saturated heterocycles.